The van der Waals surface area contributed by atoms with Gasteiger partial charge in [0, 0.05) is 27.9 Å². The average Bonchev–Trinajstić information content (AvgIpc) is 3.21. The summed E-state index contributed by atoms with van der Waals surface area (Å²) in [6.07, 6.45) is 0. The smallest absolute Gasteiger partial charge is 0.255 e. The van der Waals surface area contributed by atoms with E-state index in [1.54, 1.807) is 42.5 Å². The van der Waals surface area contributed by atoms with Gasteiger partial charge in [0.15, 0.2) is 23.0 Å². The molecule has 0 aromatic heterocycles. The van der Waals surface area contributed by atoms with E-state index in [-0.39, 0.29) is 12.7 Å². The van der Waals surface area contributed by atoms with Crippen LogP contribution in [0.4, 0.5) is 5.69 Å². The molecular weight excluding hydrogens is 394 g/mol. The summed E-state index contributed by atoms with van der Waals surface area (Å²) in [5.41, 5.74) is 1.91. The molecule has 7 heteroatoms. The van der Waals surface area contributed by atoms with Gasteiger partial charge in [-0.3, -0.25) is 4.79 Å². The van der Waals surface area contributed by atoms with Gasteiger partial charge in [0.2, 0.25) is 6.79 Å². The Kier molecular flexibility index (Phi) is 5.44. The van der Waals surface area contributed by atoms with Crippen molar-refractivity contribution < 1.29 is 23.7 Å². The number of anilines is 1. The van der Waals surface area contributed by atoms with Crippen LogP contribution in [0.25, 0.3) is 0 Å². The van der Waals surface area contributed by atoms with Gasteiger partial charge in [-0.15, -0.1) is 0 Å². The molecule has 1 N–H and O–H groups in total. The summed E-state index contributed by atoms with van der Waals surface area (Å²) in [6.45, 7) is 0.471. The van der Waals surface area contributed by atoms with Crippen LogP contribution in [0.2, 0.25) is 5.02 Å². The summed E-state index contributed by atoms with van der Waals surface area (Å²) in [7, 11) is 1.53. The molecule has 29 heavy (non-hydrogen) atoms. The van der Waals surface area contributed by atoms with Crippen LogP contribution in [0, 0.1) is 0 Å². The van der Waals surface area contributed by atoms with Crippen LogP contribution in [0.1, 0.15) is 15.9 Å². The number of hydrogen-bond donors (Lipinski definition) is 1. The molecule has 0 radical (unpaired) electrons. The van der Waals surface area contributed by atoms with Crippen molar-refractivity contribution in [3.63, 3.8) is 0 Å². The van der Waals surface area contributed by atoms with Gasteiger partial charge < -0.3 is 24.3 Å². The van der Waals surface area contributed by atoms with Gasteiger partial charge in [0.25, 0.3) is 5.91 Å². The second-order valence-corrected chi connectivity index (χ2v) is 6.68. The summed E-state index contributed by atoms with van der Waals surface area (Å²) < 4.78 is 21.8. The van der Waals surface area contributed by atoms with Crippen LogP contribution in [-0.4, -0.2) is 19.8 Å². The molecule has 0 saturated heterocycles. The van der Waals surface area contributed by atoms with Gasteiger partial charge in [-0.2, -0.15) is 0 Å². The van der Waals surface area contributed by atoms with Crippen molar-refractivity contribution in [1.29, 1.82) is 0 Å². The van der Waals surface area contributed by atoms with E-state index in [0.29, 0.717) is 45.9 Å². The average molecular weight is 412 g/mol. The predicted molar refractivity (Wildman–Crippen MR) is 109 cm³/mol. The molecule has 0 aliphatic carbocycles. The van der Waals surface area contributed by atoms with E-state index in [9.17, 15) is 4.79 Å². The van der Waals surface area contributed by atoms with Gasteiger partial charge in [-0.25, -0.2) is 0 Å². The zero-order valence-corrected chi connectivity index (χ0v) is 16.4. The summed E-state index contributed by atoms with van der Waals surface area (Å²) in [4.78, 5) is 12.6. The van der Waals surface area contributed by atoms with Crippen molar-refractivity contribution in [2.45, 2.75) is 6.61 Å². The maximum atomic E-state index is 12.6. The molecule has 4 rings (SSSR count). The lowest BCUT2D eigenvalue weighted by Crippen LogP contribution is -2.12. The first-order valence-corrected chi connectivity index (χ1v) is 9.27. The van der Waals surface area contributed by atoms with Crippen molar-refractivity contribution in [1.82, 2.24) is 0 Å². The monoisotopic (exact) mass is 411 g/mol. The molecule has 0 fully saturated rings. The fourth-order valence-electron chi connectivity index (χ4n) is 2.88. The molecule has 1 heterocycles. The van der Waals surface area contributed by atoms with Crippen molar-refractivity contribution in [3.05, 3.63) is 76.8 Å². The van der Waals surface area contributed by atoms with Crippen molar-refractivity contribution in [3.8, 4) is 23.0 Å². The first kappa shape index (κ1) is 19.0. The minimum atomic E-state index is -0.278. The van der Waals surface area contributed by atoms with E-state index in [1.165, 1.54) is 7.11 Å². The summed E-state index contributed by atoms with van der Waals surface area (Å²) in [5.74, 6) is 1.95. The van der Waals surface area contributed by atoms with E-state index < -0.39 is 0 Å². The highest BCUT2D eigenvalue weighted by Crippen LogP contribution is 2.35. The lowest BCUT2D eigenvalue weighted by molar-refractivity contribution is 0.102. The third kappa shape index (κ3) is 4.22. The Morgan fingerprint density at radius 2 is 1.86 bits per heavy atom. The second-order valence-electron chi connectivity index (χ2n) is 6.27. The molecular formula is C22H18ClNO5. The fourth-order valence-corrected chi connectivity index (χ4v) is 3.07. The van der Waals surface area contributed by atoms with Crippen molar-refractivity contribution in [2.24, 2.45) is 0 Å². The molecule has 1 aliphatic rings. The van der Waals surface area contributed by atoms with Gasteiger partial charge >= 0.3 is 0 Å². The number of ether oxygens (including phenoxy) is 4. The predicted octanol–water partition coefficient (Wildman–Crippen LogP) is 4.91. The maximum Gasteiger partial charge on any atom is 0.255 e. The number of carbonyl (C=O) groups excluding carboxylic acids is 1. The van der Waals surface area contributed by atoms with Crippen LogP contribution in [-0.2, 0) is 6.61 Å². The molecule has 0 spiro atoms. The summed E-state index contributed by atoms with van der Waals surface area (Å²) >= 11 is 6.16. The number of amides is 1. The van der Waals surface area contributed by atoms with Crippen LogP contribution >= 0.6 is 11.6 Å². The standard InChI is InChI=1S/C22H18ClNO5/c1-26-20-10-14(6-8-18(20)27-12-15-4-2-3-5-17(15)23)22(25)24-16-7-9-19-21(11-16)29-13-28-19/h2-11H,12-13H2,1H3,(H,24,25). The van der Waals surface area contributed by atoms with Gasteiger partial charge in [0.05, 0.1) is 7.11 Å². The van der Waals surface area contributed by atoms with Crippen LogP contribution in [0.3, 0.4) is 0 Å². The Bertz CT molecular complexity index is 1050. The summed E-state index contributed by atoms with van der Waals surface area (Å²) in [5, 5.41) is 3.47. The number of halogens is 1. The van der Waals surface area contributed by atoms with Crippen molar-refractivity contribution >= 4 is 23.2 Å². The Labute approximate surface area is 172 Å². The lowest BCUT2D eigenvalue weighted by atomic mass is 10.1. The molecule has 0 bridgehead atoms. The van der Waals surface area contributed by atoms with E-state index in [0.717, 1.165) is 5.56 Å². The van der Waals surface area contributed by atoms with E-state index >= 15 is 0 Å². The Morgan fingerprint density at radius 1 is 1.03 bits per heavy atom. The van der Waals surface area contributed by atoms with E-state index in [2.05, 4.69) is 5.32 Å². The number of rotatable bonds is 6. The third-order valence-electron chi connectivity index (χ3n) is 4.40. The molecule has 3 aromatic carbocycles. The van der Waals surface area contributed by atoms with Crippen molar-refractivity contribution in [2.75, 3.05) is 19.2 Å². The van der Waals surface area contributed by atoms with Crippen LogP contribution < -0.4 is 24.3 Å². The molecule has 1 aliphatic heterocycles. The van der Waals surface area contributed by atoms with Gasteiger partial charge in [0.1, 0.15) is 6.61 Å². The molecule has 0 unspecified atom stereocenters. The molecule has 0 atom stereocenters. The highest BCUT2D eigenvalue weighted by molar-refractivity contribution is 6.31. The van der Waals surface area contributed by atoms with Crippen LogP contribution in [0.5, 0.6) is 23.0 Å². The summed E-state index contributed by atoms with van der Waals surface area (Å²) in [6, 6.07) is 17.7. The van der Waals surface area contributed by atoms with Gasteiger partial charge in [-0.1, -0.05) is 29.8 Å². The van der Waals surface area contributed by atoms with Gasteiger partial charge in [-0.05, 0) is 36.4 Å². The lowest BCUT2D eigenvalue weighted by Gasteiger charge is -2.13. The molecule has 1 amide bonds. The Morgan fingerprint density at radius 3 is 2.69 bits per heavy atom. The zero-order valence-electron chi connectivity index (χ0n) is 15.6. The second kappa shape index (κ2) is 8.32. The first-order chi connectivity index (χ1) is 14.1. The minimum Gasteiger partial charge on any atom is -0.493 e. The maximum absolute atomic E-state index is 12.6. The number of benzene rings is 3. The zero-order chi connectivity index (χ0) is 20.2. The largest absolute Gasteiger partial charge is 0.493 e. The number of fused-ring (bicyclic) bond motifs is 1. The molecule has 0 saturated carbocycles. The molecule has 3 aromatic rings. The number of nitrogens with one attached hydrogen (secondary N) is 1. The van der Waals surface area contributed by atoms with E-state index in [1.807, 2.05) is 18.2 Å². The molecule has 148 valence electrons. The Hall–Kier alpha value is -3.38. The number of hydrogen-bond acceptors (Lipinski definition) is 5. The number of carbonyl (C=O) groups is 1. The SMILES string of the molecule is COc1cc(C(=O)Nc2ccc3c(c2)OCO3)ccc1OCc1ccccc1Cl. The minimum absolute atomic E-state index is 0.180. The quantitative estimate of drug-likeness (QED) is 0.624. The topological polar surface area (TPSA) is 66.0 Å². The van der Waals surface area contributed by atoms with E-state index in [4.69, 9.17) is 30.5 Å². The molecule has 6 nitrogen and oxygen atoms in total. The first-order valence-electron chi connectivity index (χ1n) is 8.89. The fraction of sp³-hybridized carbons (Fsp3) is 0.136. The normalized spacial score (nSPS) is 11.8. The Balaban J connectivity index is 1.47. The third-order valence-corrected chi connectivity index (χ3v) is 4.77. The van der Waals surface area contributed by atoms with Crippen LogP contribution in [0.15, 0.2) is 60.7 Å². The highest BCUT2D eigenvalue weighted by Gasteiger charge is 2.16. The number of methoxy groups -OCH3 is 1. The highest BCUT2D eigenvalue weighted by atomic mass is 35.5.